The summed E-state index contributed by atoms with van der Waals surface area (Å²) >= 11 is 0. The topological polar surface area (TPSA) is 99.0 Å². The molecule has 7 heteroatoms. The molecule has 0 saturated carbocycles. The number of amides is 1. The van der Waals surface area contributed by atoms with Gasteiger partial charge in [-0.3, -0.25) is 9.48 Å². The molecule has 1 amide bonds. The van der Waals surface area contributed by atoms with E-state index in [-0.39, 0.29) is 5.91 Å². The van der Waals surface area contributed by atoms with Crippen molar-refractivity contribution in [3.05, 3.63) is 23.2 Å². The van der Waals surface area contributed by atoms with Gasteiger partial charge in [-0.1, -0.05) is 5.16 Å². The quantitative estimate of drug-likeness (QED) is 0.855. The molecular formula is C11H15N5O2. The molecule has 0 bridgehead atoms. The molecule has 0 atom stereocenters. The largest absolute Gasteiger partial charge is 0.395 e. The second kappa shape index (κ2) is 4.52. The minimum absolute atomic E-state index is 0.343. The second-order valence-corrected chi connectivity index (χ2v) is 3.94. The Labute approximate surface area is 104 Å². The van der Waals surface area contributed by atoms with Gasteiger partial charge >= 0.3 is 0 Å². The molecule has 0 radical (unpaired) electrons. The van der Waals surface area contributed by atoms with Crippen LogP contribution in [0.25, 0.3) is 0 Å². The lowest BCUT2D eigenvalue weighted by molar-refractivity contribution is 0.101. The predicted molar refractivity (Wildman–Crippen MR) is 66.2 cm³/mol. The summed E-state index contributed by atoms with van der Waals surface area (Å²) in [5.74, 6) is 0.639. The van der Waals surface area contributed by atoms with Gasteiger partial charge in [-0.05, 0) is 20.8 Å². The first kappa shape index (κ1) is 12.2. The van der Waals surface area contributed by atoms with E-state index in [0.29, 0.717) is 35.2 Å². The molecule has 0 unspecified atom stereocenters. The van der Waals surface area contributed by atoms with Crippen LogP contribution in [0.1, 0.15) is 28.9 Å². The Balaban J connectivity index is 2.28. The van der Waals surface area contributed by atoms with Gasteiger partial charge < -0.3 is 15.6 Å². The summed E-state index contributed by atoms with van der Waals surface area (Å²) < 4.78 is 6.44. The van der Waals surface area contributed by atoms with Crippen molar-refractivity contribution >= 4 is 17.4 Å². The highest BCUT2D eigenvalue weighted by molar-refractivity contribution is 6.06. The summed E-state index contributed by atoms with van der Waals surface area (Å²) in [6.45, 7) is 5.97. The van der Waals surface area contributed by atoms with Gasteiger partial charge in [-0.15, -0.1) is 0 Å². The molecule has 0 aliphatic carbocycles. The first-order valence-corrected chi connectivity index (χ1v) is 5.60. The van der Waals surface area contributed by atoms with Crippen molar-refractivity contribution in [3.63, 3.8) is 0 Å². The monoisotopic (exact) mass is 249 g/mol. The summed E-state index contributed by atoms with van der Waals surface area (Å²) in [4.78, 5) is 12.1. The van der Waals surface area contributed by atoms with E-state index in [4.69, 9.17) is 10.3 Å². The van der Waals surface area contributed by atoms with Gasteiger partial charge in [0.1, 0.15) is 11.5 Å². The summed E-state index contributed by atoms with van der Waals surface area (Å²) in [5.41, 5.74) is 7.22. The second-order valence-electron chi connectivity index (χ2n) is 3.94. The van der Waals surface area contributed by atoms with Crippen LogP contribution in [-0.4, -0.2) is 20.8 Å². The van der Waals surface area contributed by atoms with Crippen LogP contribution in [-0.2, 0) is 6.54 Å². The Hall–Kier alpha value is -2.31. The molecule has 96 valence electrons. The molecule has 7 nitrogen and oxygen atoms in total. The van der Waals surface area contributed by atoms with Crippen molar-refractivity contribution in [2.24, 2.45) is 0 Å². The third-order valence-electron chi connectivity index (χ3n) is 2.56. The van der Waals surface area contributed by atoms with E-state index < -0.39 is 0 Å². The average Bonchev–Trinajstić information content (AvgIpc) is 2.84. The van der Waals surface area contributed by atoms with Crippen LogP contribution in [0.5, 0.6) is 0 Å². The van der Waals surface area contributed by atoms with E-state index in [1.54, 1.807) is 24.6 Å². The van der Waals surface area contributed by atoms with Crippen molar-refractivity contribution in [1.82, 2.24) is 14.9 Å². The Morgan fingerprint density at radius 1 is 1.56 bits per heavy atom. The Kier molecular flexibility index (Phi) is 3.05. The van der Waals surface area contributed by atoms with Crippen molar-refractivity contribution in [2.45, 2.75) is 27.3 Å². The SMILES string of the molecule is CCn1nc(C)c(N)c1C(=O)Nc1cc(C)on1. The van der Waals surface area contributed by atoms with E-state index in [2.05, 4.69) is 15.6 Å². The number of nitrogen functional groups attached to an aromatic ring is 1. The maximum Gasteiger partial charge on any atom is 0.277 e. The molecular weight excluding hydrogens is 234 g/mol. The van der Waals surface area contributed by atoms with E-state index >= 15 is 0 Å². The molecule has 0 aliphatic heterocycles. The number of rotatable bonds is 3. The Bertz CT molecular complexity index is 584. The number of carbonyl (C=O) groups is 1. The molecule has 0 aliphatic rings. The van der Waals surface area contributed by atoms with Gasteiger partial charge in [0, 0.05) is 12.6 Å². The lowest BCUT2D eigenvalue weighted by Gasteiger charge is -2.04. The smallest absolute Gasteiger partial charge is 0.277 e. The fourth-order valence-corrected chi connectivity index (χ4v) is 1.66. The molecule has 0 fully saturated rings. The first-order chi connectivity index (χ1) is 8.52. The van der Waals surface area contributed by atoms with Gasteiger partial charge in [-0.25, -0.2) is 0 Å². The molecule has 2 aromatic rings. The van der Waals surface area contributed by atoms with Crippen molar-refractivity contribution < 1.29 is 9.32 Å². The normalized spacial score (nSPS) is 10.6. The molecule has 0 spiro atoms. The van der Waals surface area contributed by atoms with Crippen LogP contribution in [0.15, 0.2) is 10.6 Å². The molecule has 0 aromatic carbocycles. The summed E-state index contributed by atoms with van der Waals surface area (Å²) in [7, 11) is 0. The number of nitrogens with zero attached hydrogens (tertiary/aromatic N) is 3. The highest BCUT2D eigenvalue weighted by atomic mass is 16.5. The molecule has 2 aromatic heterocycles. The molecule has 2 rings (SSSR count). The van der Waals surface area contributed by atoms with Crippen LogP contribution in [0.3, 0.4) is 0 Å². The Morgan fingerprint density at radius 2 is 2.28 bits per heavy atom. The van der Waals surface area contributed by atoms with E-state index in [1.807, 2.05) is 6.92 Å². The van der Waals surface area contributed by atoms with E-state index in [9.17, 15) is 4.79 Å². The maximum atomic E-state index is 12.1. The van der Waals surface area contributed by atoms with Crippen molar-refractivity contribution in [3.8, 4) is 0 Å². The van der Waals surface area contributed by atoms with E-state index in [1.165, 1.54) is 0 Å². The highest BCUT2D eigenvalue weighted by Crippen LogP contribution is 2.18. The molecule has 18 heavy (non-hydrogen) atoms. The van der Waals surface area contributed by atoms with Crippen LogP contribution >= 0.6 is 0 Å². The molecule has 3 N–H and O–H groups in total. The lowest BCUT2D eigenvalue weighted by atomic mass is 10.3. The zero-order valence-electron chi connectivity index (χ0n) is 10.5. The van der Waals surface area contributed by atoms with Gasteiger partial charge in [0.15, 0.2) is 5.82 Å². The fourth-order valence-electron chi connectivity index (χ4n) is 1.66. The number of carbonyl (C=O) groups excluding carboxylic acids is 1. The van der Waals surface area contributed by atoms with Gasteiger partial charge in [0.05, 0.1) is 11.4 Å². The third-order valence-corrected chi connectivity index (χ3v) is 2.56. The van der Waals surface area contributed by atoms with Gasteiger partial charge in [0.25, 0.3) is 5.91 Å². The number of nitrogens with two attached hydrogens (primary N) is 1. The number of hydrogen-bond donors (Lipinski definition) is 2. The maximum absolute atomic E-state index is 12.1. The summed E-state index contributed by atoms with van der Waals surface area (Å²) in [6.07, 6.45) is 0. The van der Waals surface area contributed by atoms with Crippen LogP contribution < -0.4 is 11.1 Å². The molecule has 0 saturated heterocycles. The third kappa shape index (κ3) is 2.06. The van der Waals surface area contributed by atoms with E-state index in [0.717, 1.165) is 0 Å². The lowest BCUT2D eigenvalue weighted by Crippen LogP contribution is -2.19. The predicted octanol–water partition coefficient (Wildman–Crippen LogP) is 1.34. The first-order valence-electron chi connectivity index (χ1n) is 5.60. The summed E-state index contributed by atoms with van der Waals surface area (Å²) in [5, 5.41) is 10.5. The van der Waals surface area contributed by atoms with Crippen molar-refractivity contribution in [2.75, 3.05) is 11.1 Å². The standard InChI is InChI=1S/C11H15N5O2/c1-4-16-10(9(12)7(3)14-16)11(17)13-8-5-6(2)18-15-8/h5H,4,12H2,1-3H3,(H,13,15,17). The van der Waals surface area contributed by atoms with Crippen LogP contribution in [0.4, 0.5) is 11.5 Å². The zero-order valence-corrected chi connectivity index (χ0v) is 10.5. The highest BCUT2D eigenvalue weighted by Gasteiger charge is 2.19. The minimum Gasteiger partial charge on any atom is -0.395 e. The Morgan fingerprint density at radius 3 is 2.83 bits per heavy atom. The van der Waals surface area contributed by atoms with Gasteiger partial charge in [0.2, 0.25) is 0 Å². The van der Waals surface area contributed by atoms with Crippen molar-refractivity contribution in [1.29, 1.82) is 0 Å². The molecule has 2 heterocycles. The average molecular weight is 249 g/mol. The van der Waals surface area contributed by atoms with Gasteiger partial charge in [-0.2, -0.15) is 5.10 Å². The zero-order chi connectivity index (χ0) is 13.3. The number of aryl methyl sites for hydroxylation is 3. The number of anilines is 2. The van der Waals surface area contributed by atoms with Crippen LogP contribution in [0.2, 0.25) is 0 Å². The summed E-state index contributed by atoms with van der Waals surface area (Å²) in [6, 6.07) is 1.63. The number of nitrogens with one attached hydrogen (secondary N) is 1. The number of aromatic nitrogens is 3. The number of hydrogen-bond acceptors (Lipinski definition) is 5. The fraction of sp³-hybridized carbons (Fsp3) is 0.364. The van der Waals surface area contributed by atoms with Crippen LogP contribution in [0, 0.1) is 13.8 Å². The minimum atomic E-state index is -0.344.